The quantitative estimate of drug-likeness (QED) is 0.258. The molecule has 2 aromatic rings. The lowest BCUT2D eigenvalue weighted by Crippen LogP contribution is -2.64. The van der Waals surface area contributed by atoms with Crippen LogP contribution in [0.15, 0.2) is 46.6 Å². The summed E-state index contributed by atoms with van der Waals surface area (Å²) in [7, 11) is 9.96. The number of rotatable bonds is 10. The van der Waals surface area contributed by atoms with Gasteiger partial charge in [0.1, 0.15) is 38.6 Å². The van der Waals surface area contributed by atoms with Crippen molar-refractivity contribution in [3.63, 3.8) is 0 Å². The monoisotopic (exact) mass is 558 g/mol. The Morgan fingerprint density at radius 3 is 1.55 bits per heavy atom. The van der Waals surface area contributed by atoms with Crippen molar-refractivity contribution in [1.29, 1.82) is 0 Å². The number of ether oxygens (including phenoxy) is 4. The highest BCUT2D eigenvalue weighted by Crippen LogP contribution is 2.27. The molecule has 1 aliphatic rings. The maximum absolute atomic E-state index is 5.70. The van der Waals surface area contributed by atoms with Crippen LogP contribution in [0.5, 0.6) is 23.0 Å². The van der Waals surface area contributed by atoms with E-state index >= 15 is 0 Å². The molecule has 1 fully saturated rings. The standard InChI is InChI=1S/C26H34N6O4S2/c1-31(24(37)20-14-18(33-3)8-10-22(20)35-5)29-16-26(27-12-7-13-28-26)17-30-32(2)25(38)21-15-19(34-4)9-11-23(21)36-6/h8-11,14-17,27-28H,7,12-13H2,1-6H3. The predicted molar refractivity (Wildman–Crippen MR) is 158 cm³/mol. The van der Waals surface area contributed by atoms with Gasteiger partial charge in [-0.1, -0.05) is 24.4 Å². The third-order valence-corrected chi connectivity index (χ3v) is 6.89. The third-order valence-electron chi connectivity index (χ3n) is 5.92. The van der Waals surface area contributed by atoms with Crippen LogP contribution in [0.2, 0.25) is 0 Å². The van der Waals surface area contributed by atoms with Crippen LogP contribution in [0.3, 0.4) is 0 Å². The Morgan fingerprint density at radius 2 is 1.18 bits per heavy atom. The second kappa shape index (κ2) is 13.5. The zero-order valence-electron chi connectivity index (χ0n) is 22.5. The van der Waals surface area contributed by atoms with E-state index in [1.807, 2.05) is 36.4 Å². The van der Waals surface area contributed by atoms with Crippen LogP contribution in [0.25, 0.3) is 0 Å². The molecule has 1 heterocycles. The summed E-state index contributed by atoms with van der Waals surface area (Å²) in [6.45, 7) is 1.56. The number of nitrogens with one attached hydrogen (secondary N) is 2. The molecule has 0 amide bonds. The number of hydrogen-bond acceptors (Lipinski definition) is 10. The fourth-order valence-corrected chi connectivity index (χ4v) is 4.14. The van der Waals surface area contributed by atoms with Crippen LogP contribution in [0.1, 0.15) is 17.5 Å². The van der Waals surface area contributed by atoms with Crippen molar-refractivity contribution in [3.05, 3.63) is 47.5 Å². The minimum Gasteiger partial charge on any atom is -0.497 e. The average molecular weight is 559 g/mol. The van der Waals surface area contributed by atoms with E-state index in [0.29, 0.717) is 44.1 Å². The molecule has 12 heteroatoms. The smallest absolute Gasteiger partial charge is 0.146 e. The topological polar surface area (TPSA) is 92.2 Å². The van der Waals surface area contributed by atoms with Gasteiger partial charge in [-0.3, -0.25) is 20.7 Å². The second-order valence-corrected chi connectivity index (χ2v) is 9.13. The highest BCUT2D eigenvalue weighted by atomic mass is 32.1. The lowest BCUT2D eigenvalue weighted by Gasteiger charge is -2.33. The molecule has 0 radical (unpaired) electrons. The molecule has 2 N–H and O–H groups in total. The van der Waals surface area contributed by atoms with Crippen LogP contribution >= 0.6 is 24.4 Å². The summed E-state index contributed by atoms with van der Waals surface area (Å²) >= 11 is 11.4. The summed E-state index contributed by atoms with van der Waals surface area (Å²) in [6.07, 6.45) is 4.43. The minimum atomic E-state index is -0.817. The first-order chi connectivity index (χ1) is 18.3. The van der Waals surface area contributed by atoms with E-state index in [9.17, 15) is 0 Å². The van der Waals surface area contributed by atoms with E-state index in [-0.39, 0.29) is 0 Å². The van der Waals surface area contributed by atoms with Crippen molar-refractivity contribution < 1.29 is 18.9 Å². The minimum absolute atomic E-state index is 0.475. The van der Waals surface area contributed by atoms with Gasteiger partial charge in [-0.2, -0.15) is 10.2 Å². The van der Waals surface area contributed by atoms with Crippen molar-refractivity contribution in [2.75, 3.05) is 55.6 Å². The lowest BCUT2D eigenvalue weighted by molar-refractivity contribution is 0.386. The Hall–Kier alpha value is -3.32. The summed E-state index contributed by atoms with van der Waals surface area (Å²) in [5.74, 6) is 2.61. The van der Waals surface area contributed by atoms with E-state index in [0.717, 1.165) is 19.5 Å². The predicted octanol–water partition coefficient (Wildman–Crippen LogP) is 2.89. The van der Waals surface area contributed by atoms with Crippen molar-refractivity contribution in [2.24, 2.45) is 10.2 Å². The van der Waals surface area contributed by atoms with Gasteiger partial charge in [-0.15, -0.1) is 0 Å². The summed E-state index contributed by atoms with van der Waals surface area (Å²) in [5, 5.41) is 19.3. The third kappa shape index (κ3) is 6.95. The first kappa shape index (κ1) is 29.2. The van der Waals surface area contributed by atoms with Crippen LogP contribution in [0, 0.1) is 0 Å². The molecule has 1 aliphatic heterocycles. The molecule has 0 atom stereocenters. The molecule has 0 spiro atoms. The normalized spacial score (nSPS) is 14.8. The molecule has 0 aliphatic carbocycles. The average Bonchev–Trinajstić information content (AvgIpc) is 2.97. The fourth-order valence-electron chi connectivity index (χ4n) is 3.73. The van der Waals surface area contributed by atoms with Gasteiger partial charge in [0.2, 0.25) is 0 Å². The molecule has 0 bridgehead atoms. The number of hydrazone groups is 2. The van der Waals surface area contributed by atoms with E-state index in [2.05, 4.69) is 20.8 Å². The largest absolute Gasteiger partial charge is 0.497 e. The van der Waals surface area contributed by atoms with Gasteiger partial charge < -0.3 is 18.9 Å². The Labute approximate surface area is 234 Å². The lowest BCUT2D eigenvalue weighted by atomic mass is 10.1. The van der Waals surface area contributed by atoms with Gasteiger partial charge in [0.05, 0.1) is 52.0 Å². The van der Waals surface area contributed by atoms with E-state index in [4.69, 9.17) is 43.4 Å². The van der Waals surface area contributed by atoms with Gasteiger partial charge in [0.25, 0.3) is 0 Å². The SMILES string of the molecule is COc1ccc(OC)c(C(=S)N(C)N=CC2(C=NN(C)C(=S)c3cc(OC)ccc3OC)NCCCN2)c1. The molecule has 10 nitrogen and oxygen atoms in total. The maximum Gasteiger partial charge on any atom is 0.146 e. The molecule has 3 rings (SSSR count). The maximum atomic E-state index is 5.70. The van der Waals surface area contributed by atoms with Gasteiger partial charge >= 0.3 is 0 Å². The first-order valence-electron chi connectivity index (χ1n) is 11.9. The summed E-state index contributed by atoms with van der Waals surface area (Å²) < 4.78 is 21.7. The van der Waals surface area contributed by atoms with Gasteiger partial charge in [0.15, 0.2) is 0 Å². The number of hydrogen-bond donors (Lipinski definition) is 2. The Balaban J connectivity index is 1.83. The molecule has 38 heavy (non-hydrogen) atoms. The van der Waals surface area contributed by atoms with Crippen LogP contribution in [0.4, 0.5) is 0 Å². The highest BCUT2D eigenvalue weighted by Gasteiger charge is 2.29. The highest BCUT2D eigenvalue weighted by molar-refractivity contribution is 7.81. The number of benzene rings is 2. The number of methoxy groups -OCH3 is 4. The van der Waals surface area contributed by atoms with E-state index in [1.54, 1.807) is 65.0 Å². The van der Waals surface area contributed by atoms with Gasteiger partial charge in [-0.05, 0) is 55.9 Å². The van der Waals surface area contributed by atoms with Gasteiger partial charge in [0, 0.05) is 14.1 Å². The van der Waals surface area contributed by atoms with Crippen molar-refractivity contribution in [2.45, 2.75) is 12.1 Å². The zero-order chi connectivity index (χ0) is 27.7. The summed E-state index contributed by atoms with van der Waals surface area (Å²) in [5.41, 5.74) is 0.584. The zero-order valence-corrected chi connectivity index (χ0v) is 24.1. The molecule has 2 aromatic carbocycles. The van der Waals surface area contributed by atoms with Crippen molar-refractivity contribution in [3.8, 4) is 23.0 Å². The molecule has 0 aromatic heterocycles. The van der Waals surface area contributed by atoms with Crippen molar-refractivity contribution >= 4 is 46.8 Å². The van der Waals surface area contributed by atoms with E-state index < -0.39 is 5.66 Å². The van der Waals surface area contributed by atoms with Gasteiger partial charge in [-0.25, -0.2) is 0 Å². The number of nitrogens with zero attached hydrogens (tertiary/aromatic N) is 4. The molecular formula is C26H34N6O4S2. The Bertz CT molecular complexity index is 1110. The molecule has 204 valence electrons. The van der Waals surface area contributed by atoms with E-state index in [1.165, 1.54) is 0 Å². The molecule has 0 saturated carbocycles. The second-order valence-electron chi connectivity index (χ2n) is 8.36. The fraction of sp³-hybridized carbons (Fsp3) is 0.385. The molecular weight excluding hydrogens is 524 g/mol. The Morgan fingerprint density at radius 1 is 0.763 bits per heavy atom. The first-order valence-corrected chi connectivity index (χ1v) is 12.7. The van der Waals surface area contributed by atoms with Crippen LogP contribution in [-0.2, 0) is 0 Å². The Kier molecular flexibility index (Phi) is 10.4. The van der Waals surface area contributed by atoms with Crippen LogP contribution in [-0.4, -0.2) is 93.7 Å². The summed E-state index contributed by atoms with van der Waals surface area (Å²) in [6, 6.07) is 10.9. The molecule has 0 unspecified atom stereocenters. The van der Waals surface area contributed by atoms with Crippen LogP contribution < -0.4 is 29.6 Å². The summed E-state index contributed by atoms with van der Waals surface area (Å²) in [4.78, 5) is 0.951. The molecule has 1 saturated heterocycles. The van der Waals surface area contributed by atoms with Crippen molar-refractivity contribution in [1.82, 2.24) is 20.7 Å². The number of thiocarbonyl (C=S) groups is 2.